The third kappa shape index (κ3) is 2.71. The van der Waals surface area contributed by atoms with Gasteiger partial charge in [0.05, 0.1) is 22.6 Å². The Morgan fingerprint density at radius 2 is 2.21 bits per heavy atom. The molecule has 0 bridgehead atoms. The Morgan fingerprint density at radius 1 is 1.32 bits per heavy atom. The molecule has 1 saturated heterocycles. The van der Waals surface area contributed by atoms with Crippen molar-refractivity contribution in [2.75, 3.05) is 18.5 Å². The first-order chi connectivity index (χ1) is 13.7. The Balaban J connectivity index is 1.70. The highest BCUT2D eigenvalue weighted by Crippen LogP contribution is 2.23. The van der Waals surface area contributed by atoms with Gasteiger partial charge in [-0.05, 0) is 25.0 Å². The zero-order valence-corrected chi connectivity index (χ0v) is 14.9. The van der Waals surface area contributed by atoms with Crippen molar-refractivity contribution in [2.24, 2.45) is 0 Å². The minimum absolute atomic E-state index is 0.113. The quantitative estimate of drug-likeness (QED) is 0.564. The number of ether oxygens (including phenoxy) is 1. The van der Waals surface area contributed by atoms with Crippen LogP contribution in [0.1, 0.15) is 12.8 Å². The van der Waals surface area contributed by atoms with Crippen LogP contribution in [0.4, 0.5) is 10.3 Å². The first kappa shape index (κ1) is 16.8. The number of hydrogen-bond acceptors (Lipinski definition) is 6. The van der Waals surface area contributed by atoms with Crippen LogP contribution in [0.2, 0.25) is 0 Å². The Morgan fingerprint density at radius 3 is 3.04 bits per heavy atom. The number of fused-ring (bicyclic) bond motifs is 3. The Labute approximate surface area is 158 Å². The summed E-state index contributed by atoms with van der Waals surface area (Å²) >= 11 is 0. The molecule has 0 unspecified atom stereocenters. The molecule has 0 saturated carbocycles. The minimum atomic E-state index is -0.513. The van der Waals surface area contributed by atoms with Crippen LogP contribution < -0.4 is 10.9 Å². The molecule has 3 aromatic heterocycles. The maximum absolute atomic E-state index is 14.5. The molecule has 0 amide bonds. The van der Waals surface area contributed by atoms with Gasteiger partial charge in [-0.1, -0.05) is 12.1 Å². The molecule has 1 aromatic carbocycles. The van der Waals surface area contributed by atoms with Crippen molar-refractivity contribution in [3.05, 3.63) is 52.8 Å². The highest BCUT2D eigenvalue weighted by atomic mass is 19.1. The van der Waals surface area contributed by atoms with Gasteiger partial charge in [0.25, 0.3) is 5.56 Å². The van der Waals surface area contributed by atoms with E-state index in [1.165, 1.54) is 16.8 Å². The summed E-state index contributed by atoms with van der Waals surface area (Å²) in [6.45, 7) is 1.33. The second kappa shape index (κ2) is 6.68. The number of halogens is 1. The molecule has 1 atom stereocenters. The van der Waals surface area contributed by atoms with Crippen molar-refractivity contribution in [3.8, 4) is 5.69 Å². The van der Waals surface area contributed by atoms with E-state index in [4.69, 9.17) is 4.74 Å². The largest absolute Gasteiger partial charge is 0.376 e. The van der Waals surface area contributed by atoms with Crippen molar-refractivity contribution >= 4 is 27.9 Å². The van der Waals surface area contributed by atoms with Crippen molar-refractivity contribution in [1.82, 2.24) is 24.7 Å². The second-order valence-electron chi connectivity index (χ2n) is 6.69. The monoisotopic (exact) mass is 380 g/mol. The fraction of sp³-hybridized carbons (Fsp3) is 0.263. The lowest BCUT2D eigenvalue weighted by molar-refractivity contribution is 0.120. The zero-order chi connectivity index (χ0) is 19.1. The lowest BCUT2D eigenvalue weighted by atomic mass is 10.2. The maximum Gasteiger partial charge on any atom is 0.267 e. The smallest absolute Gasteiger partial charge is 0.267 e. The Hall–Kier alpha value is -3.33. The lowest BCUT2D eigenvalue weighted by Crippen LogP contribution is -2.22. The number of aromatic nitrogens is 5. The van der Waals surface area contributed by atoms with E-state index in [1.807, 2.05) is 0 Å². The number of anilines is 1. The maximum atomic E-state index is 14.5. The fourth-order valence-corrected chi connectivity index (χ4v) is 3.54. The second-order valence-corrected chi connectivity index (χ2v) is 6.69. The molecule has 0 spiro atoms. The standard InChI is InChI=1S/C19H17FN6O2/c20-14-5-1-2-6-15(14)26-17-12(16-13(18(26)27)10-23-25-16)9-22-19(24-17)21-8-11-4-3-7-28-11/h1-2,5-6,9-11H,3-4,7-8H2,(H,23,25)(H,21,22,24)/t11-/m1/s1. The Bertz CT molecular complexity index is 1230. The van der Waals surface area contributed by atoms with Crippen LogP contribution in [0.5, 0.6) is 0 Å². The molecule has 2 N–H and O–H groups in total. The average Bonchev–Trinajstić information content (AvgIpc) is 3.40. The minimum Gasteiger partial charge on any atom is -0.376 e. The topological polar surface area (TPSA) is 97.7 Å². The number of H-pyrrole nitrogens is 1. The van der Waals surface area contributed by atoms with Crippen LogP contribution in [-0.2, 0) is 4.74 Å². The predicted molar refractivity (Wildman–Crippen MR) is 102 cm³/mol. The predicted octanol–water partition coefficient (Wildman–Crippen LogP) is 2.39. The van der Waals surface area contributed by atoms with E-state index in [0.29, 0.717) is 34.4 Å². The number of nitrogens with zero attached hydrogens (tertiary/aromatic N) is 4. The highest BCUT2D eigenvalue weighted by Gasteiger charge is 2.19. The summed E-state index contributed by atoms with van der Waals surface area (Å²) in [6.07, 6.45) is 5.23. The first-order valence-electron chi connectivity index (χ1n) is 9.08. The van der Waals surface area contributed by atoms with Gasteiger partial charge in [0.1, 0.15) is 11.3 Å². The van der Waals surface area contributed by atoms with Gasteiger partial charge in [-0.2, -0.15) is 10.1 Å². The number of hydrogen-bond donors (Lipinski definition) is 2. The van der Waals surface area contributed by atoms with Gasteiger partial charge in [-0.3, -0.25) is 14.5 Å². The van der Waals surface area contributed by atoms with E-state index in [1.54, 1.807) is 24.4 Å². The summed E-state index contributed by atoms with van der Waals surface area (Å²) in [4.78, 5) is 21.9. The van der Waals surface area contributed by atoms with E-state index in [0.717, 1.165) is 19.4 Å². The molecule has 28 heavy (non-hydrogen) atoms. The zero-order valence-electron chi connectivity index (χ0n) is 14.9. The fourth-order valence-electron chi connectivity index (χ4n) is 3.54. The third-order valence-corrected chi connectivity index (χ3v) is 4.91. The normalized spacial score (nSPS) is 16.8. The SMILES string of the molecule is O=c1c2c[nH]nc2c2cnc(NC[C@H]3CCCO3)nc2n1-c1ccccc1F. The van der Waals surface area contributed by atoms with E-state index in [-0.39, 0.29) is 11.8 Å². The number of rotatable bonds is 4. The molecule has 4 heterocycles. The number of benzene rings is 1. The van der Waals surface area contributed by atoms with Gasteiger partial charge >= 0.3 is 0 Å². The molecule has 5 rings (SSSR count). The van der Waals surface area contributed by atoms with Crippen molar-refractivity contribution in [3.63, 3.8) is 0 Å². The third-order valence-electron chi connectivity index (χ3n) is 4.91. The number of aromatic amines is 1. The first-order valence-corrected chi connectivity index (χ1v) is 9.08. The molecule has 9 heteroatoms. The van der Waals surface area contributed by atoms with Crippen molar-refractivity contribution < 1.29 is 9.13 Å². The van der Waals surface area contributed by atoms with Gasteiger partial charge in [0.15, 0.2) is 5.65 Å². The number of pyridine rings is 1. The Kier molecular flexibility index (Phi) is 4.01. The number of nitrogens with one attached hydrogen (secondary N) is 2. The summed E-state index contributed by atoms with van der Waals surface area (Å²) < 4.78 is 21.4. The average molecular weight is 380 g/mol. The lowest BCUT2D eigenvalue weighted by Gasteiger charge is -2.13. The van der Waals surface area contributed by atoms with Gasteiger partial charge in [0, 0.05) is 25.5 Å². The van der Waals surface area contributed by atoms with Crippen LogP contribution in [-0.4, -0.2) is 44.0 Å². The summed E-state index contributed by atoms with van der Waals surface area (Å²) in [5, 5.41) is 10.9. The molecule has 1 aliphatic heterocycles. The van der Waals surface area contributed by atoms with Gasteiger partial charge in [-0.15, -0.1) is 0 Å². The van der Waals surface area contributed by atoms with Crippen molar-refractivity contribution in [1.29, 1.82) is 0 Å². The number of para-hydroxylation sites is 1. The van der Waals surface area contributed by atoms with Gasteiger partial charge in [-0.25, -0.2) is 9.37 Å². The van der Waals surface area contributed by atoms with Crippen LogP contribution in [0.15, 0.2) is 41.5 Å². The molecular weight excluding hydrogens is 363 g/mol. The summed E-state index contributed by atoms with van der Waals surface area (Å²) in [5.41, 5.74) is 0.479. The molecule has 4 aromatic rings. The molecule has 1 fully saturated rings. The molecule has 142 valence electrons. The summed E-state index contributed by atoms with van der Waals surface area (Å²) in [7, 11) is 0. The van der Waals surface area contributed by atoms with Crippen LogP contribution >= 0.6 is 0 Å². The molecule has 0 radical (unpaired) electrons. The van der Waals surface area contributed by atoms with E-state index in [9.17, 15) is 9.18 Å². The van der Waals surface area contributed by atoms with Crippen LogP contribution in [0, 0.1) is 5.82 Å². The van der Waals surface area contributed by atoms with Crippen LogP contribution in [0.25, 0.3) is 27.6 Å². The van der Waals surface area contributed by atoms with Gasteiger partial charge in [0.2, 0.25) is 5.95 Å². The van der Waals surface area contributed by atoms with E-state index >= 15 is 0 Å². The van der Waals surface area contributed by atoms with Gasteiger partial charge < -0.3 is 10.1 Å². The van der Waals surface area contributed by atoms with Crippen molar-refractivity contribution in [2.45, 2.75) is 18.9 Å². The van der Waals surface area contributed by atoms with E-state index < -0.39 is 11.4 Å². The highest BCUT2D eigenvalue weighted by molar-refractivity contribution is 6.02. The summed E-state index contributed by atoms with van der Waals surface area (Å²) in [6, 6.07) is 6.11. The van der Waals surface area contributed by atoms with E-state index in [2.05, 4.69) is 25.5 Å². The molecular formula is C19H17FN6O2. The van der Waals surface area contributed by atoms with Crippen LogP contribution in [0.3, 0.4) is 0 Å². The summed E-state index contributed by atoms with van der Waals surface area (Å²) in [5.74, 6) is -0.163. The molecule has 8 nitrogen and oxygen atoms in total. The molecule has 0 aliphatic carbocycles. The molecule has 1 aliphatic rings.